The molecule has 0 unspecified atom stereocenters. The molecule has 3 heteroatoms. The molecule has 1 saturated heterocycles. The van der Waals surface area contributed by atoms with Crippen LogP contribution in [0.2, 0.25) is 0 Å². The van der Waals surface area contributed by atoms with Gasteiger partial charge in [0.15, 0.2) is 5.78 Å². The van der Waals surface area contributed by atoms with Gasteiger partial charge in [-0.25, -0.2) is 0 Å². The van der Waals surface area contributed by atoms with Gasteiger partial charge in [0.05, 0.1) is 4.88 Å². The number of hydrogen-bond acceptors (Lipinski definition) is 3. The summed E-state index contributed by atoms with van der Waals surface area (Å²) in [5, 5.41) is 5.31. The SMILES string of the molecule is Cc1ccsc1C(=O)C1(C)CCNCC1. The monoisotopic (exact) mass is 223 g/mol. The van der Waals surface area contributed by atoms with Crippen LogP contribution in [0.15, 0.2) is 11.4 Å². The normalized spacial score (nSPS) is 20.1. The van der Waals surface area contributed by atoms with Gasteiger partial charge >= 0.3 is 0 Å². The zero-order valence-electron chi connectivity index (χ0n) is 9.30. The lowest BCUT2D eigenvalue weighted by Crippen LogP contribution is -2.40. The molecule has 2 heterocycles. The molecular weight excluding hydrogens is 206 g/mol. The van der Waals surface area contributed by atoms with Gasteiger partial charge in [0.2, 0.25) is 0 Å². The van der Waals surface area contributed by atoms with Crippen LogP contribution in [-0.4, -0.2) is 18.9 Å². The fraction of sp³-hybridized carbons (Fsp3) is 0.583. The minimum atomic E-state index is -0.138. The molecule has 2 rings (SSSR count). The van der Waals surface area contributed by atoms with Crippen molar-refractivity contribution in [3.63, 3.8) is 0 Å². The maximum atomic E-state index is 12.4. The van der Waals surface area contributed by atoms with Gasteiger partial charge in [0.1, 0.15) is 0 Å². The van der Waals surface area contributed by atoms with Crippen LogP contribution in [-0.2, 0) is 0 Å². The molecule has 1 N–H and O–H groups in total. The van der Waals surface area contributed by atoms with Gasteiger partial charge in [-0.2, -0.15) is 0 Å². The van der Waals surface area contributed by atoms with Gasteiger partial charge in [-0.1, -0.05) is 6.92 Å². The summed E-state index contributed by atoms with van der Waals surface area (Å²) in [4.78, 5) is 13.3. The number of nitrogens with one attached hydrogen (secondary N) is 1. The number of hydrogen-bond donors (Lipinski definition) is 1. The number of Topliss-reactive ketones (excluding diaryl/α,β-unsaturated/α-hetero) is 1. The Kier molecular flexibility index (Phi) is 2.94. The van der Waals surface area contributed by atoms with Gasteiger partial charge in [-0.15, -0.1) is 11.3 Å². The van der Waals surface area contributed by atoms with Crippen molar-refractivity contribution in [2.75, 3.05) is 13.1 Å². The van der Waals surface area contributed by atoms with Gasteiger partial charge in [-0.3, -0.25) is 4.79 Å². The predicted molar refractivity (Wildman–Crippen MR) is 63.6 cm³/mol. The third-order valence-electron chi connectivity index (χ3n) is 3.32. The summed E-state index contributed by atoms with van der Waals surface area (Å²) in [6.45, 7) is 6.06. The second kappa shape index (κ2) is 4.06. The van der Waals surface area contributed by atoms with Crippen molar-refractivity contribution in [2.45, 2.75) is 26.7 Å². The molecule has 82 valence electrons. The van der Waals surface area contributed by atoms with Crippen LogP contribution in [0.5, 0.6) is 0 Å². The molecule has 0 saturated carbocycles. The van der Waals surface area contributed by atoms with Crippen molar-refractivity contribution in [2.24, 2.45) is 5.41 Å². The summed E-state index contributed by atoms with van der Waals surface area (Å²) in [6.07, 6.45) is 1.92. The number of rotatable bonds is 2. The molecule has 0 aromatic carbocycles. The Morgan fingerprint density at radius 1 is 1.47 bits per heavy atom. The number of piperidine rings is 1. The third kappa shape index (κ3) is 1.99. The van der Waals surface area contributed by atoms with Crippen molar-refractivity contribution in [1.29, 1.82) is 0 Å². The second-order valence-electron chi connectivity index (χ2n) is 4.57. The van der Waals surface area contributed by atoms with E-state index in [0.29, 0.717) is 5.78 Å². The quantitative estimate of drug-likeness (QED) is 0.781. The van der Waals surface area contributed by atoms with E-state index < -0.39 is 0 Å². The number of aryl methyl sites for hydroxylation is 1. The Bertz CT molecular complexity index is 363. The highest BCUT2D eigenvalue weighted by molar-refractivity contribution is 7.12. The van der Waals surface area contributed by atoms with Crippen molar-refractivity contribution >= 4 is 17.1 Å². The van der Waals surface area contributed by atoms with Crippen LogP contribution in [0, 0.1) is 12.3 Å². The molecule has 0 aliphatic carbocycles. The van der Waals surface area contributed by atoms with E-state index in [9.17, 15) is 4.79 Å². The molecule has 1 fully saturated rings. The number of thiophene rings is 1. The molecule has 1 aromatic heterocycles. The van der Waals surface area contributed by atoms with Crippen LogP contribution in [0.1, 0.15) is 35.0 Å². The minimum absolute atomic E-state index is 0.138. The average Bonchev–Trinajstić information content (AvgIpc) is 2.64. The molecule has 1 aromatic rings. The summed E-state index contributed by atoms with van der Waals surface area (Å²) in [5.74, 6) is 0.344. The Morgan fingerprint density at radius 2 is 2.13 bits per heavy atom. The van der Waals surface area contributed by atoms with E-state index in [1.807, 2.05) is 18.4 Å². The Morgan fingerprint density at radius 3 is 2.67 bits per heavy atom. The molecule has 0 radical (unpaired) electrons. The summed E-state index contributed by atoms with van der Waals surface area (Å²) >= 11 is 1.58. The smallest absolute Gasteiger partial charge is 0.178 e. The molecule has 0 atom stereocenters. The second-order valence-corrected chi connectivity index (χ2v) is 5.49. The molecule has 15 heavy (non-hydrogen) atoms. The molecule has 0 bridgehead atoms. The topological polar surface area (TPSA) is 29.1 Å². The van der Waals surface area contributed by atoms with E-state index in [0.717, 1.165) is 36.4 Å². The minimum Gasteiger partial charge on any atom is -0.317 e. The molecule has 0 amide bonds. The zero-order valence-corrected chi connectivity index (χ0v) is 10.1. The fourth-order valence-electron chi connectivity index (χ4n) is 2.09. The third-order valence-corrected chi connectivity index (χ3v) is 4.34. The van der Waals surface area contributed by atoms with E-state index in [4.69, 9.17) is 0 Å². The Hall–Kier alpha value is -0.670. The number of carbonyl (C=O) groups is 1. The number of ketones is 1. The Labute approximate surface area is 94.7 Å². The van der Waals surface area contributed by atoms with Crippen LogP contribution < -0.4 is 5.32 Å². The van der Waals surface area contributed by atoms with Crippen molar-refractivity contribution in [3.8, 4) is 0 Å². The Balaban J connectivity index is 2.23. The summed E-state index contributed by atoms with van der Waals surface area (Å²) < 4.78 is 0. The van der Waals surface area contributed by atoms with Crippen molar-refractivity contribution in [3.05, 3.63) is 21.9 Å². The van der Waals surface area contributed by atoms with Gasteiger partial charge in [0.25, 0.3) is 0 Å². The highest BCUT2D eigenvalue weighted by Crippen LogP contribution is 2.34. The molecule has 1 aliphatic heterocycles. The van der Waals surface area contributed by atoms with Gasteiger partial charge in [-0.05, 0) is 49.9 Å². The summed E-state index contributed by atoms with van der Waals surface area (Å²) in [5.41, 5.74) is 0.991. The highest BCUT2D eigenvalue weighted by Gasteiger charge is 2.36. The largest absolute Gasteiger partial charge is 0.317 e. The fourth-order valence-corrected chi connectivity index (χ4v) is 3.10. The van der Waals surface area contributed by atoms with Gasteiger partial charge in [0, 0.05) is 5.41 Å². The maximum absolute atomic E-state index is 12.4. The van der Waals surface area contributed by atoms with Crippen LogP contribution in [0.3, 0.4) is 0 Å². The lowest BCUT2D eigenvalue weighted by molar-refractivity contribution is 0.0766. The lowest BCUT2D eigenvalue weighted by atomic mass is 9.76. The first kappa shape index (κ1) is 10.8. The summed E-state index contributed by atoms with van der Waals surface area (Å²) in [7, 11) is 0. The first-order valence-corrected chi connectivity index (χ1v) is 6.31. The van der Waals surface area contributed by atoms with E-state index in [1.54, 1.807) is 11.3 Å². The predicted octanol–water partition coefficient (Wildman–Crippen LogP) is 2.63. The van der Waals surface area contributed by atoms with E-state index in [2.05, 4.69) is 12.2 Å². The molecule has 2 nitrogen and oxygen atoms in total. The maximum Gasteiger partial charge on any atom is 0.178 e. The van der Waals surface area contributed by atoms with E-state index in [1.165, 1.54) is 0 Å². The lowest BCUT2D eigenvalue weighted by Gasteiger charge is -2.32. The molecule has 1 aliphatic rings. The first-order chi connectivity index (χ1) is 7.13. The standard InChI is InChI=1S/C12H17NOS/c1-9-3-8-15-10(9)11(14)12(2)4-6-13-7-5-12/h3,8,13H,4-7H2,1-2H3. The highest BCUT2D eigenvalue weighted by atomic mass is 32.1. The van der Waals surface area contributed by atoms with E-state index in [-0.39, 0.29) is 5.41 Å². The molecule has 0 spiro atoms. The van der Waals surface area contributed by atoms with Crippen LogP contribution in [0.25, 0.3) is 0 Å². The first-order valence-electron chi connectivity index (χ1n) is 5.43. The van der Waals surface area contributed by atoms with Crippen molar-refractivity contribution < 1.29 is 4.79 Å². The van der Waals surface area contributed by atoms with E-state index >= 15 is 0 Å². The summed E-state index contributed by atoms with van der Waals surface area (Å²) in [6, 6.07) is 2.03. The number of carbonyl (C=O) groups excluding carboxylic acids is 1. The van der Waals surface area contributed by atoms with Crippen molar-refractivity contribution in [1.82, 2.24) is 5.32 Å². The zero-order chi connectivity index (χ0) is 10.9. The van der Waals surface area contributed by atoms with Crippen LogP contribution in [0.4, 0.5) is 0 Å². The van der Waals surface area contributed by atoms with Crippen LogP contribution >= 0.6 is 11.3 Å². The molecular formula is C12H17NOS. The average molecular weight is 223 g/mol. The van der Waals surface area contributed by atoms with Gasteiger partial charge < -0.3 is 5.32 Å².